The summed E-state index contributed by atoms with van der Waals surface area (Å²) in [4.78, 5) is 11.2. The van der Waals surface area contributed by atoms with Gasteiger partial charge in [-0.3, -0.25) is 0 Å². The van der Waals surface area contributed by atoms with Gasteiger partial charge < -0.3 is 15.4 Å². The maximum absolute atomic E-state index is 11.2. The van der Waals surface area contributed by atoms with Gasteiger partial charge in [0.05, 0.1) is 0 Å². The molecule has 0 aromatic heterocycles. The van der Waals surface area contributed by atoms with Gasteiger partial charge in [-0.25, -0.2) is 4.79 Å². The summed E-state index contributed by atoms with van der Waals surface area (Å²) in [5.41, 5.74) is 2.55. The van der Waals surface area contributed by atoms with Crippen molar-refractivity contribution in [3.8, 4) is 0 Å². The molecule has 4 heteroatoms. The topological polar surface area (TPSA) is 50.4 Å². The third-order valence-electron chi connectivity index (χ3n) is 3.25. The molecule has 0 fully saturated rings. The number of fused-ring (bicyclic) bond motifs is 1. The number of amides is 1. The van der Waals surface area contributed by atoms with E-state index in [0.29, 0.717) is 0 Å². The van der Waals surface area contributed by atoms with E-state index in [1.807, 2.05) is 6.07 Å². The maximum atomic E-state index is 11.2. The van der Waals surface area contributed by atoms with E-state index >= 15 is 0 Å². The van der Waals surface area contributed by atoms with Crippen molar-refractivity contribution in [2.24, 2.45) is 0 Å². The Bertz CT molecular complexity index is 378. The van der Waals surface area contributed by atoms with Crippen LogP contribution >= 0.6 is 0 Å². The van der Waals surface area contributed by atoms with Crippen molar-refractivity contribution in [3.05, 3.63) is 29.8 Å². The molecule has 2 rings (SSSR count). The van der Waals surface area contributed by atoms with Gasteiger partial charge in [0.15, 0.2) is 0 Å². The fraction of sp³-hybridized carbons (Fsp3) is 0.500. The van der Waals surface area contributed by atoms with Gasteiger partial charge in [-0.2, -0.15) is 0 Å². The fourth-order valence-electron chi connectivity index (χ4n) is 2.27. The molecule has 1 aliphatic heterocycles. The third kappa shape index (κ3) is 3.39. The molecule has 1 atom stereocenters. The molecule has 1 aromatic rings. The van der Waals surface area contributed by atoms with Crippen LogP contribution in [0.25, 0.3) is 0 Å². The summed E-state index contributed by atoms with van der Waals surface area (Å²) in [6.07, 6.45) is 3.51. The molecule has 0 spiro atoms. The Morgan fingerprint density at radius 1 is 1.39 bits per heavy atom. The molecule has 2 N–H and O–H groups in total. The first kappa shape index (κ1) is 12.7. The van der Waals surface area contributed by atoms with Gasteiger partial charge in [-0.15, -0.1) is 0 Å². The molecule has 0 saturated heterocycles. The van der Waals surface area contributed by atoms with E-state index in [-0.39, 0.29) is 12.2 Å². The van der Waals surface area contributed by atoms with Gasteiger partial charge in [0.2, 0.25) is 0 Å². The lowest BCUT2D eigenvalue weighted by molar-refractivity contribution is 0.0902. The lowest BCUT2D eigenvalue weighted by Gasteiger charge is -2.16. The molecular formula is C14H20N2O2. The molecule has 1 aliphatic rings. The van der Waals surface area contributed by atoms with Crippen LogP contribution in [0.5, 0.6) is 0 Å². The quantitative estimate of drug-likeness (QED) is 0.803. The fourth-order valence-corrected chi connectivity index (χ4v) is 2.27. The summed E-state index contributed by atoms with van der Waals surface area (Å²) in [6, 6.07) is 8.37. The number of para-hydroxylation sites is 1. The molecule has 1 heterocycles. The van der Waals surface area contributed by atoms with Crippen molar-refractivity contribution in [1.82, 2.24) is 5.32 Å². The van der Waals surface area contributed by atoms with Gasteiger partial charge >= 0.3 is 6.09 Å². The second kappa shape index (κ2) is 6.28. The lowest BCUT2D eigenvalue weighted by Crippen LogP contribution is -2.27. The minimum atomic E-state index is -0.336. The predicted molar refractivity (Wildman–Crippen MR) is 71.8 cm³/mol. The van der Waals surface area contributed by atoms with E-state index in [9.17, 15) is 4.79 Å². The SMILES string of the molecule is CNC(=O)OC1CCCc2ccccc2NCC1. The standard InChI is InChI=1S/C14H20N2O2/c1-15-14(17)18-12-7-4-6-11-5-2-3-8-13(11)16-10-9-12/h2-3,5,8,12,16H,4,6-7,9-10H2,1H3,(H,15,17). The maximum Gasteiger partial charge on any atom is 0.407 e. The Hall–Kier alpha value is -1.71. The zero-order chi connectivity index (χ0) is 12.8. The molecule has 1 aromatic carbocycles. The van der Waals surface area contributed by atoms with Gasteiger partial charge in [-0.05, 0) is 30.9 Å². The highest BCUT2D eigenvalue weighted by Crippen LogP contribution is 2.21. The minimum Gasteiger partial charge on any atom is -0.446 e. The van der Waals surface area contributed by atoms with Crippen LogP contribution in [-0.2, 0) is 11.2 Å². The zero-order valence-electron chi connectivity index (χ0n) is 10.7. The van der Waals surface area contributed by atoms with Gasteiger partial charge in [0.25, 0.3) is 0 Å². The molecule has 0 radical (unpaired) electrons. The van der Waals surface area contributed by atoms with Crippen LogP contribution in [0, 0.1) is 0 Å². The molecule has 0 aliphatic carbocycles. The first-order chi connectivity index (χ1) is 8.79. The van der Waals surface area contributed by atoms with Crippen molar-refractivity contribution in [2.45, 2.75) is 31.8 Å². The number of benzene rings is 1. The molecule has 4 nitrogen and oxygen atoms in total. The lowest BCUT2D eigenvalue weighted by atomic mass is 10.0. The molecule has 1 unspecified atom stereocenters. The molecule has 1 amide bonds. The summed E-state index contributed by atoms with van der Waals surface area (Å²) < 4.78 is 5.34. The first-order valence-corrected chi connectivity index (χ1v) is 6.49. The Kier molecular flexibility index (Phi) is 4.45. The van der Waals surface area contributed by atoms with Crippen LogP contribution in [0.2, 0.25) is 0 Å². The average Bonchev–Trinajstić information content (AvgIpc) is 2.48. The predicted octanol–water partition coefficient (Wildman–Crippen LogP) is 2.55. The largest absolute Gasteiger partial charge is 0.446 e. The van der Waals surface area contributed by atoms with Gasteiger partial charge in [0, 0.05) is 25.7 Å². The molecule has 18 heavy (non-hydrogen) atoms. The van der Waals surface area contributed by atoms with E-state index in [4.69, 9.17) is 4.74 Å². The number of carbonyl (C=O) groups excluding carboxylic acids is 1. The molecule has 98 valence electrons. The highest BCUT2D eigenvalue weighted by Gasteiger charge is 2.15. The molecule has 0 saturated carbocycles. The molecular weight excluding hydrogens is 228 g/mol. The third-order valence-corrected chi connectivity index (χ3v) is 3.25. The van der Waals surface area contributed by atoms with Gasteiger partial charge in [0.1, 0.15) is 6.10 Å². The Labute approximate surface area is 108 Å². The van der Waals surface area contributed by atoms with Crippen LogP contribution < -0.4 is 10.6 Å². The van der Waals surface area contributed by atoms with Crippen LogP contribution in [0.3, 0.4) is 0 Å². The number of hydrogen-bond acceptors (Lipinski definition) is 3. The Morgan fingerprint density at radius 2 is 2.22 bits per heavy atom. The van der Waals surface area contributed by atoms with Crippen molar-refractivity contribution in [3.63, 3.8) is 0 Å². The van der Waals surface area contributed by atoms with E-state index < -0.39 is 0 Å². The normalized spacial score (nSPS) is 19.5. The summed E-state index contributed by atoms with van der Waals surface area (Å²) >= 11 is 0. The Balaban J connectivity index is 1.96. The second-order valence-corrected chi connectivity index (χ2v) is 4.54. The van der Waals surface area contributed by atoms with Crippen LogP contribution in [-0.4, -0.2) is 25.8 Å². The van der Waals surface area contributed by atoms with Gasteiger partial charge in [-0.1, -0.05) is 18.2 Å². The number of carbonyl (C=O) groups is 1. The number of rotatable bonds is 1. The van der Waals surface area contributed by atoms with E-state index in [0.717, 1.165) is 32.2 Å². The number of hydrogen-bond donors (Lipinski definition) is 2. The van der Waals surface area contributed by atoms with E-state index in [1.165, 1.54) is 11.3 Å². The Morgan fingerprint density at radius 3 is 3.06 bits per heavy atom. The molecule has 0 bridgehead atoms. The highest BCUT2D eigenvalue weighted by atomic mass is 16.6. The number of nitrogens with one attached hydrogen (secondary N) is 2. The average molecular weight is 248 g/mol. The number of anilines is 1. The van der Waals surface area contributed by atoms with Crippen LogP contribution in [0.4, 0.5) is 10.5 Å². The highest BCUT2D eigenvalue weighted by molar-refractivity contribution is 5.66. The second-order valence-electron chi connectivity index (χ2n) is 4.54. The van der Waals surface area contributed by atoms with Crippen LogP contribution in [0.15, 0.2) is 24.3 Å². The van der Waals surface area contributed by atoms with Crippen molar-refractivity contribution in [2.75, 3.05) is 18.9 Å². The van der Waals surface area contributed by atoms with Crippen molar-refractivity contribution in [1.29, 1.82) is 0 Å². The summed E-state index contributed by atoms with van der Waals surface area (Å²) in [6.45, 7) is 0.832. The van der Waals surface area contributed by atoms with Crippen LogP contribution in [0.1, 0.15) is 24.8 Å². The van der Waals surface area contributed by atoms with E-state index in [1.54, 1.807) is 7.05 Å². The first-order valence-electron chi connectivity index (χ1n) is 6.49. The summed E-state index contributed by atoms with van der Waals surface area (Å²) in [5.74, 6) is 0. The number of aryl methyl sites for hydroxylation is 1. The summed E-state index contributed by atoms with van der Waals surface area (Å²) in [7, 11) is 1.59. The van der Waals surface area contributed by atoms with Crippen molar-refractivity contribution < 1.29 is 9.53 Å². The smallest absolute Gasteiger partial charge is 0.407 e. The monoisotopic (exact) mass is 248 g/mol. The minimum absolute atomic E-state index is 0.00626. The summed E-state index contributed by atoms with van der Waals surface area (Å²) in [5, 5.41) is 5.91. The number of alkyl carbamates (subject to hydrolysis) is 1. The van der Waals surface area contributed by atoms with E-state index in [2.05, 4.69) is 28.8 Å². The number of ether oxygens (including phenoxy) is 1. The zero-order valence-corrected chi connectivity index (χ0v) is 10.7. The van der Waals surface area contributed by atoms with Crippen molar-refractivity contribution >= 4 is 11.8 Å².